The van der Waals surface area contributed by atoms with E-state index in [9.17, 15) is 4.79 Å². The SMILES string of the molecule is CC1(C)CN(c2ccccc2)CC(CCC(=O)O)N1. The third-order valence-corrected chi connectivity index (χ3v) is 3.45. The van der Waals surface area contributed by atoms with E-state index in [2.05, 4.69) is 36.2 Å². The van der Waals surface area contributed by atoms with Crippen LogP contribution in [0.4, 0.5) is 5.69 Å². The number of piperazine rings is 1. The molecule has 0 aromatic heterocycles. The molecule has 1 aromatic carbocycles. The molecule has 1 atom stereocenters. The van der Waals surface area contributed by atoms with Gasteiger partial charge in [0.15, 0.2) is 0 Å². The highest BCUT2D eigenvalue weighted by molar-refractivity contribution is 5.66. The number of nitrogens with zero attached hydrogens (tertiary/aromatic N) is 1. The smallest absolute Gasteiger partial charge is 0.303 e. The molecule has 19 heavy (non-hydrogen) atoms. The summed E-state index contributed by atoms with van der Waals surface area (Å²) < 4.78 is 0. The van der Waals surface area contributed by atoms with E-state index in [1.54, 1.807) is 0 Å². The lowest BCUT2D eigenvalue weighted by Crippen LogP contribution is -2.62. The number of aliphatic carboxylic acids is 1. The maximum Gasteiger partial charge on any atom is 0.303 e. The Labute approximate surface area is 114 Å². The van der Waals surface area contributed by atoms with Gasteiger partial charge in [0.25, 0.3) is 0 Å². The second-order valence-corrected chi connectivity index (χ2v) is 5.87. The van der Waals surface area contributed by atoms with Crippen molar-refractivity contribution in [3.05, 3.63) is 30.3 Å². The minimum atomic E-state index is -0.726. The molecule has 0 bridgehead atoms. The quantitative estimate of drug-likeness (QED) is 0.872. The fourth-order valence-corrected chi connectivity index (χ4v) is 2.75. The van der Waals surface area contributed by atoms with Crippen LogP contribution < -0.4 is 10.2 Å². The lowest BCUT2D eigenvalue weighted by molar-refractivity contribution is -0.137. The van der Waals surface area contributed by atoms with Crippen molar-refractivity contribution in [3.63, 3.8) is 0 Å². The number of hydrogen-bond donors (Lipinski definition) is 2. The minimum absolute atomic E-state index is 0.00272. The predicted molar refractivity (Wildman–Crippen MR) is 76.5 cm³/mol. The largest absolute Gasteiger partial charge is 0.481 e. The Hall–Kier alpha value is -1.55. The zero-order valence-corrected chi connectivity index (χ0v) is 11.6. The number of carboxylic acids is 1. The Morgan fingerprint density at radius 3 is 2.74 bits per heavy atom. The van der Waals surface area contributed by atoms with Gasteiger partial charge in [-0.05, 0) is 32.4 Å². The Morgan fingerprint density at radius 2 is 2.11 bits per heavy atom. The number of anilines is 1. The number of carbonyl (C=O) groups is 1. The van der Waals surface area contributed by atoms with E-state index in [-0.39, 0.29) is 18.0 Å². The van der Waals surface area contributed by atoms with Crippen LogP contribution in [0, 0.1) is 0 Å². The number of rotatable bonds is 4. The molecule has 1 aliphatic heterocycles. The van der Waals surface area contributed by atoms with Gasteiger partial charge in [0.05, 0.1) is 0 Å². The molecule has 1 aromatic rings. The highest BCUT2D eigenvalue weighted by atomic mass is 16.4. The summed E-state index contributed by atoms with van der Waals surface area (Å²) in [5.74, 6) is -0.726. The molecule has 1 fully saturated rings. The third kappa shape index (κ3) is 3.96. The van der Waals surface area contributed by atoms with Gasteiger partial charge in [-0.2, -0.15) is 0 Å². The maximum absolute atomic E-state index is 10.7. The van der Waals surface area contributed by atoms with Crippen LogP contribution in [0.25, 0.3) is 0 Å². The first-order chi connectivity index (χ1) is 8.96. The van der Waals surface area contributed by atoms with Crippen LogP contribution in [0.1, 0.15) is 26.7 Å². The summed E-state index contributed by atoms with van der Waals surface area (Å²) in [5, 5.41) is 12.4. The van der Waals surface area contributed by atoms with Crippen LogP contribution in [0.3, 0.4) is 0 Å². The van der Waals surface area contributed by atoms with Crippen molar-refractivity contribution in [2.75, 3.05) is 18.0 Å². The second kappa shape index (κ2) is 5.61. The zero-order chi connectivity index (χ0) is 13.9. The van der Waals surface area contributed by atoms with Gasteiger partial charge in [-0.1, -0.05) is 18.2 Å². The van der Waals surface area contributed by atoms with Gasteiger partial charge in [0, 0.05) is 36.8 Å². The Bertz CT molecular complexity index is 431. The topological polar surface area (TPSA) is 52.6 Å². The van der Waals surface area contributed by atoms with E-state index < -0.39 is 5.97 Å². The summed E-state index contributed by atoms with van der Waals surface area (Å²) in [5.41, 5.74) is 1.20. The molecule has 1 saturated heterocycles. The van der Waals surface area contributed by atoms with E-state index in [1.165, 1.54) is 5.69 Å². The van der Waals surface area contributed by atoms with Gasteiger partial charge in [-0.25, -0.2) is 0 Å². The molecule has 2 rings (SSSR count). The van der Waals surface area contributed by atoms with Crippen LogP contribution in [0.15, 0.2) is 30.3 Å². The minimum Gasteiger partial charge on any atom is -0.481 e. The van der Waals surface area contributed by atoms with Crippen LogP contribution >= 0.6 is 0 Å². The van der Waals surface area contributed by atoms with Crippen molar-refractivity contribution in [2.24, 2.45) is 0 Å². The molecule has 4 nitrogen and oxygen atoms in total. The number of carboxylic acid groups (broad SMARTS) is 1. The first-order valence-electron chi connectivity index (χ1n) is 6.76. The van der Waals surface area contributed by atoms with E-state index in [4.69, 9.17) is 5.11 Å². The monoisotopic (exact) mass is 262 g/mol. The number of hydrogen-bond acceptors (Lipinski definition) is 3. The van der Waals surface area contributed by atoms with Crippen LogP contribution in [-0.2, 0) is 4.79 Å². The van der Waals surface area contributed by atoms with Gasteiger partial charge in [0.1, 0.15) is 0 Å². The van der Waals surface area contributed by atoms with Gasteiger partial charge in [-0.3, -0.25) is 4.79 Å². The third-order valence-electron chi connectivity index (χ3n) is 3.45. The standard InChI is InChI=1S/C15H22N2O2/c1-15(2)11-17(13-6-4-3-5-7-13)10-12(16-15)8-9-14(18)19/h3-7,12,16H,8-11H2,1-2H3,(H,18,19). The number of benzene rings is 1. The lowest BCUT2D eigenvalue weighted by atomic mass is 9.96. The Morgan fingerprint density at radius 1 is 1.42 bits per heavy atom. The van der Waals surface area contributed by atoms with Gasteiger partial charge < -0.3 is 15.3 Å². The zero-order valence-electron chi connectivity index (χ0n) is 11.6. The average Bonchev–Trinajstić information content (AvgIpc) is 2.35. The Balaban J connectivity index is 2.06. The summed E-state index contributed by atoms with van der Waals surface area (Å²) in [6.45, 7) is 6.12. The molecule has 1 heterocycles. The first-order valence-corrected chi connectivity index (χ1v) is 6.76. The molecule has 0 aliphatic carbocycles. The van der Waals surface area contributed by atoms with E-state index >= 15 is 0 Å². The van der Waals surface area contributed by atoms with Gasteiger partial charge in [-0.15, -0.1) is 0 Å². The number of nitrogens with one attached hydrogen (secondary N) is 1. The predicted octanol–water partition coefficient (Wildman–Crippen LogP) is 2.11. The molecular weight excluding hydrogens is 240 g/mol. The van der Waals surface area contributed by atoms with E-state index in [0.29, 0.717) is 6.42 Å². The molecule has 0 radical (unpaired) electrons. The van der Waals surface area contributed by atoms with Crippen molar-refractivity contribution in [1.29, 1.82) is 0 Å². The Kier molecular flexibility index (Phi) is 4.10. The molecule has 0 amide bonds. The van der Waals surface area contributed by atoms with E-state index in [1.807, 2.05) is 18.2 Å². The van der Waals surface area contributed by atoms with Crippen molar-refractivity contribution in [2.45, 2.75) is 38.3 Å². The van der Waals surface area contributed by atoms with Gasteiger partial charge >= 0.3 is 5.97 Å². The summed E-state index contributed by atoms with van der Waals surface area (Å²) in [6, 6.07) is 10.5. The average molecular weight is 262 g/mol. The molecule has 2 N–H and O–H groups in total. The van der Waals surface area contributed by atoms with E-state index in [0.717, 1.165) is 13.1 Å². The molecule has 4 heteroatoms. The molecule has 104 valence electrons. The summed E-state index contributed by atoms with van der Waals surface area (Å²) in [6.07, 6.45) is 0.887. The summed E-state index contributed by atoms with van der Waals surface area (Å²) in [4.78, 5) is 13.0. The first kappa shape index (κ1) is 13.9. The second-order valence-electron chi connectivity index (χ2n) is 5.87. The normalized spacial score (nSPS) is 22.2. The van der Waals surface area contributed by atoms with Crippen LogP contribution in [-0.4, -0.2) is 35.7 Å². The molecular formula is C15H22N2O2. The summed E-state index contributed by atoms with van der Waals surface area (Å²) >= 11 is 0. The van der Waals surface area contributed by atoms with Crippen molar-refractivity contribution in [1.82, 2.24) is 5.32 Å². The highest BCUT2D eigenvalue weighted by Gasteiger charge is 2.31. The summed E-state index contributed by atoms with van der Waals surface area (Å²) in [7, 11) is 0. The lowest BCUT2D eigenvalue weighted by Gasteiger charge is -2.45. The fourth-order valence-electron chi connectivity index (χ4n) is 2.75. The fraction of sp³-hybridized carbons (Fsp3) is 0.533. The molecule has 1 unspecified atom stereocenters. The van der Waals surface area contributed by atoms with Crippen molar-refractivity contribution < 1.29 is 9.90 Å². The van der Waals surface area contributed by atoms with Crippen LogP contribution in [0.2, 0.25) is 0 Å². The maximum atomic E-state index is 10.7. The van der Waals surface area contributed by atoms with Crippen molar-refractivity contribution in [3.8, 4) is 0 Å². The van der Waals surface area contributed by atoms with Crippen LogP contribution in [0.5, 0.6) is 0 Å². The molecule has 0 spiro atoms. The van der Waals surface area contributed by atoms with Crippen molar-refractivity contribution >= 4 is 11.7 Å². The molecule has 1 aliphatic rings. The molecule has 0 saturated carbocycles. The highest BCUT2D eigenvalue weighted by Crippen LogP contribution is 2.22. The van der Waals surface area contributed by atoms with Gasteiger partial charge in [0.2, 0.25) is 0 Å². The number of para-hydroxylation sites is 1.